The lowest BCUT2D eigenvalue weighted by Gasteiger charge is -2.10. The number of esters is 1. The second-order valence-electron chi connectivity index (χ2n) is 4.79. The number of ether oxygens (including phenoxy) is 2. The fourth-order valence-corrected chi connectivity index (χ4v) is 2.39. The van der Waals surface area contributed by atoms with E-state index in [0.29, 0.717) is 34.1 Å². The first-order chi connectivity index (χ1) is 10.6. The highest BCUT2D eigenvalue weighted by Crippen LogP contribution is 2.37. The molecule has 1 N–H and O–H groups in total. The fourth-order valence-electron chi connectivity index (χ4n) is 2.39. The van der Waals surface area contributed by atoms with Gasteiger partial charge in [-0.05, 0) is 19.1 Å². The molecule has 0 bridgehead atoms. The van der Waals surface area contributed by atoms with Crippen LogP contribution in [0.2, 0.25) is 0 Å². The molecule has 112 valence electrons. The molecular weight excluding hydrogens is 282 g/mol. The number of rotatable bonds is 3. The topological polar surface area (TPSA) is 77.1 Å². The van der Waals surface area contributed by atoms with E-state index in [1.807, 2.05) is 31.2 Å². The zero-order chi connectivity index (χ0) is 15.7. The van der Waals surface area contributed by atoms with Crippen molar-refractivity contribution in [1.82, 2.24) is 15.0 Å². The van der Waals surface area contributed by atoms with Gasteiger partial charge in [0.1, 0.15) is 17.2 Å². The number of H-pyrrole nitrogens is 1. The molecule has 6 nitrogen and oxygen atoms in total. The van der Waals surface area contributed by atoms with Crippen molar-refractivity contribution in [3.8, 4) is 22.8 Å². The van der Waals surface area contributed by atoms with Crippen molar-refractivity contribution in [1.29, 1.82) is 0 Å². The number of carbonyl (C=O) groups excluding carboxylic acids is 1. The van der Waals surface area contributed by atoms with Gasteiger partial charge in [-0.2, -0.15) is 0 Å². The van der Waals surface area contributed by atoms with E-state index in [9.17, 15) is 4.79 Å². The van der Waals surface area contributed by atoms with Gasteiger partial charge < -0.3 is 14.5 Å². The Kier molecular flexibility index (Phi) is 3.50. The van der Waals surface area contributed by atoms with E-state index in [1.54, 1.807) is 13.3 Å². The number of nitrogens with zero attached hydrogens (tertiary/aromatic N) is 2. The molecule has 0 aliphatic heterocycles. The van der Waals surface area contributed by atoms with E-state index in [1.165, 1.54) is 6.92 Å². The van der Waals surface area contributed by atoms with Crippen molar-refractivity contribution in [3.05, 3.63) is 36.3 Å². The minimum absolute atomic E-state index is 0.396. The van der Waals surface area contributed by atoms with Crippen LogP contribution >= 0.6 is 0 Å². The number of carbonyl (C=O) groups is 1. The molecule has 0 saturated heterocycles. The summed E-state index contributed by atoms with van der Waals surface area (Å²) in [6, 6.07) is 7.55. The van der Waals surface area contributed by atoms with Crippen LogP contribution in [0, 0.1) is 6.92 Å². The smallest absolute Gasteiger partial charge is 0.308 e. The summed E-state index contributed by atoms with van der Waals surface area (Å²) in [5, 5.41) is 0.658. The molecule has 0 unspecified atom stereocenters. The number of aromatic nitrogens is 3. The molecular formula is C16H15N3O3. The number of nitrogens with one attached hydrogen (secondary N) is 1. The van der Waals surface area contributed by atoms with Gasteiger partial charge in [-0.3, -0.25) is 4.79 Å². The second kappa shape index (κ2) is 5.48. The number of aryl methyl sites for hydroxylation is 1. The summed E-state index contributed by atoms with van der Waals surface area (Å²) in [5.41, 5.74) is 2.09. The number of fused-ring (bicyclic) bond motifs is 1. The molecule has 0 amide bonds. The Bertz CT molecular complexity index is 855. The highest BCUT2D eigenvalue weighted by Gasteiger charge is 2.18. The zero-order valence-corrected chi connectivity index (χ0v) is 12.5. The molecule has 2 aromatic heterocycles. The van der Waals surface area contributed by atoms with Crippen molar-refractivity contribution in [2.24, 2.45) is 0 Å². The van der Waals surface area contributed by atoms with E-state index in [2.05, 4.69) is 15.0 Å². The molecule has 0 atom stereocenters. The third-order valence-corrected chi connectivity index (χ3v) is 3.22. The predicted molar refractivity (Wildman–Crippen MR) is 81.9 cm³/mol. The lowest BCUT2D eigenvalue weighted by Crippen LogP contribution is -2.02. The van der Waals surface area contributed by atoms with Gasteiger partial charge in [-0.15, -0.1) is 0 Å². The monoisotopic (exact) mass is 297 g/mol. The van der Waals surface area contributed by atoms with Crippen molar-refractivity contribution < 1.29 is 14.3 Å². The number of benzene rings is 1. The van der Waals surface area contributed by atoms with Crippen molar-refractivity contribution in [2.75, 3.05) is 7.11 Å². The number of methoxy groups -OCH3 is 1. The summed E-state index contributed by atoms with van der Waals surface area (Å²) in [4.78, 5) is 23.2. The molecule has 0 fully saturated rings. The van der Waals surface area contributed by atoms with Gasteiger partial charge in [0, 0.05) is 18.7 Å². The van der Waals surface area contributed by atoms with E-state index in [0.717, 1.165) is 5.56 Å². The third-order valence-electron chi connectivity index (χ3n) is 3.22. The Morgan fingerprint density at radius 3 is 2.68 bits per heavy atom. The summed E-state index contributed by atoms with van der Waals surface area (Å²) in [5.74, 6) is 1.32. The van der Waals surface area contributed by atoms with Gasteiger partial charge in [-0.25, -0.2) is 9.97 Å². The molecule has 0 saturated carbocycles. The standard InChI is InChI=1S/C16H15N3O3/c1-9-18-15(11-6-4-5-7-12(11)21-3)14-13(22-10(2)20)8-17-16(14)19-9/h4-8H,1-3H3,(H,17,18,19). The first-order valence-corrected chi connectivity index (χ1v) is 6.77. The van der Waals surface area contributed by atoms with Crippen LogP contribution in [0.1, 0.15) is 12.7 Å². The van der Waals surface area contributed by atoms with E-state index in [4.69, 9.17) is 9.47 Å². The average molecular weight is 297 g/mol. The third kappa shape index (κ3) is 2.39. The van der Waals surface area contributed by atoms with Crippen molar-refractivity contribution in [2.45, 2.75) is 13.8 Å². The molecule has 0 radical (unpaired) electrons. The quantitative estimate of drug-likeness (QED) is 0.752. The molecule has 1 aromatic carbocycles. The average Bonchev–Trinajstić information content (AvgIpc) is 2.88. The molecule has 22 heavy (non-hydrogen) atoms. The minimum atomic E-state index is -0.396. The predicted octanol–water partition coefficient (Wildman–Crippen LogP) is 2.87. The minimum Gasteiger partial charge on any atom is -0.496 e. The van der Waals surface area contributed by atoms with Gasteiger partial charge in [-0.1, -0.05) is 12.1 Å². The number of hydrogen-bond donors (Lipinski definition) is 1. The Hall–Kier alpha value is -2.89. The lowest BCUT2D eigenvalue weighted by molar-refractivity contribution is -0.131. The Morgan fingerprint density at radius 1 is 1.18 bits per heavy atom. The van der Waals surface area contributed by atoms with Crippen LogP contribution in [0.4, 0.5) is 0 Å². The Labute approximate surface area is 127 Å². The van der Waals surface area contributed by atoms with Crippen LogP contribution in [-0.2, 0) is 4.79 Å². The van der Waals surface area contributed by atoms with Crippen LogP contribution in [0.25, 0.3) is 22.3 Å². The van der Waals surface area contributed by atoms with Crippen molar-refractivity contribution >= 4 is 17.0 Å². The number of para-hydroxylation sites is 1. The summed E-state index contributed by atoms with van der Waals surface area (Å²) in [6.07, 6.45) is 1.61. The van der Waals surface area contributed by atoms with Crippen LogP contribution in [0.3, 0.4) is 0 Å². The highest BCUT2D eigenvalue weighted by molar-refractivity contribution is 5.98. The first kappa shape index (κ1) is 14.1. The Morgan fingerprint density at radius 2 is 1.95 bits per heavy atom. The molecule has 0 spiro atoms. The second-order valence-corrected chi connectivity index (χ2v) is 4.79. The summed E-state index contributed by atoms with van der Waals surface area (Å²) in [7, 11) is 1.61. The zero-order valence-electron chi connectivity index (χ0n) is 12.5. The molecule has 0 aliphatic carbocycles. The highest BCUT2D eigenvalue weighted by atomic mass is 16.5. The number of hydrogen-bond acceptors (Lipinski definition) is 5. The fraction of sp³-hybridized carbons (Fsp3) is 0.188. The maximum absolute atomic E-state index is 11.3. The summed E-state index contributed by atoms with van der Waals surface area (Å²) >= 11 is 0. The van der Waals surface area contributed by atoms with E-state index >= 15 is 0 Å². The lowest BCUT2D eigenvalue weighted by atomic mass is 10.1. The van der Waals surface area contributed by atoms with Crippen LogP contribution in [-0.4, -0.2) is 28.0 Å². The van der Waals surface area contributed by atoms with Gasteiger partial charge in [0.25, 0.3) is 0 Å². The maximum Gasteiger partial charge on any atom is 0.308 e. The largest absolute Gasteiger partial charge is 0.496 e. The molecule has 3 aromatic rings. The SMILES string of the molecule is COc1ccccc1-c1nc(C)nc2[nH]cc(OC(C)=O)c12. The van der Waals surface area contributed by atoms with Crippen molar-refractivity contribution in [3.63, 3.8) is 0 Å². The number of aromatic amines is 1. The van der Waals surface area contributed by atoms with Gasteiger partial charge in [0.05, 0.1) is 18.2 Å². The molecule has 0 aliphatic rings. The summed E-state index contributed by atoms with van der Waals surface area (Å²) < 4.78 is 10.7. The van der Waals surface area contributed by atoms with Crippen LogP contribution in [0.15, 0.2) is 30.5 Å². The van der Waals surface area contributed by atoms with E-state index in [-0.39, 0.29) is 0 Å². The summed E-state index contributed by atoms with van der Waals surface area (Å²) in [6.45, 7) is 3.17. The molecule has 6 heteroatoms. The molecule has 3 rings (SSSR count). The van der Waals surface area contributed by atoms with E-state index < -0.39 is 5.97 Å². The van der Waals surface area contributed by atoms with Gasteiger partial charge in [0.15, 0.2) is 5.75 Å². The van der Waals surface area contributed by atoms with Gasteiger partial charge in [0.2, 0.25) is 0 Å². The maximum atomic E-state index is 11.3. The van der Waals surface area contributed by atoms with Gasteiger partial charge >= 0.3 is 5.97 Å². The molecule has 2 heterocycles. The first-order valence-electron chi connectivity index (χ1n) is 6.77. The van der Waals surface area contributed by atoms with Crippen LogP contribution in [0.5, 0.6) is 11.5 Å². The van der Waals surface area contributed by atoms with Crippen LogP contribution < -0.4 is 9.47 Å². The Balaban J connectivity index is 2.32. The normalized spacial score (nSPS) is 10.7.